The van der Waals surface area contributed by atoms with Gasteiger partial charge >= 0.3 is 5.97 Å². The number of carboxylic acids is 1. The Balaban J connectivity index is 1.97. The second-order valence-corrected chi connectivity index (χ2v) is 5.46. The van der Waals surface area contributed by atoms with Crippen LogP contribution in [-0.4, -0.2) is 22.5 Å². The van der Waals surface area contributed by atoms with Crippen molar-refractivity contribution in [2.75, 3.05) is 0 Å². The van der Waals surface area contributed by atoms with Crippen LogP contribution in [0.4, 0.5) is 0 Å². The Kier molecular flexibility index (Phi) is 3.40. The van der Waals surface area contributed by atoms with Gasteiger partial charge in [0.1, 0.15) is 0 Å². The van der Waals surface area contributed by atoms with Crippen molar-refractivity contribution in [2.45, 2.75) is 57.4 Å². The van der Waals surface area contributed by atoms with Crippen LogP contribution in [0.25, 0.3) is 0 Å². The third-order valence-corrected chi connectivity index (χ3v) is 4.55. The Labute approximate surface area is 102 Å². The summed E-state index contributed by atoms with van der Waals surface area (Å²) in [6.45, 7) is 2.09. The lowest BCUT2D eigenvalue weighted by Crippen LogP contribution is -2.55. The van der Waals surface area contributed by atoms with Crippen LogP contribution in [0.2, 0.25) is 0 Å². The molecule has 0 heterocycles. The first-order valence-corrected chi connectivity index (χ1v) is 6.63. The molecule has 2 saturated carbocycles. The lowest BCUT2D eigenvalue weighted by molar-refractivity contribution is -0.146. The number of carboxylic acid groups (broad SMARTS) is 1. The molecule has 2 N–H and O–H groups in total. The zero-order chi connectivity index (χ0) is 12.5. The van der Waals surface area contributed by atoms with Crippen molar-refractivity contribution in [1.29, 1.82) is 0 Å². The average molecular weight is 239 g/mol. The highest BCUT2D eigenvalue weighted by molar-refractivity contribution is 5.85. The second-order valence-electron chi connectivity index (χ2n) is 5.46. The second kappa shape index (κ2) is 4.67. The topological polar surface area (TPSA) is 66.4 Å². The summed E-state index contributed by atoms with van der Waals surface area (Å²) in [5, 5.41) is 12.2. The molecule has 0 aromatic heterocycles. The zero-order valence-electron chi connectivity index (χ0n) is 10.4. The monoisotopic (exact) mass is 239 g/mol. The van der Waals surface area contributed by atoms with Crippen LogP contribution in [0.3, 0.4) is 0 Å². The quantitative estimate of drug-likeness (QED) is 0.787. The largest absolute Gasteiger partial charge is 0.481 e. The summed E-state index contributed by atoms with van der Waals surface area (Å²) < 4.78 is 0. The van der Waals surface area contributed by atoms with Gasteiger partial charge in [0.15, 0.2) is 0 Å². The predicted molar refractivity (Wildman–Crippen MR) is 63.5 cm³/mol. The zero-order valence-corrected chi connectivity index (χ0v) is 10.4. The average Bonchev–Trinajstić information content (AvgIpc) is 2.72. The molecular formula is C13H21NO3. The normalized spacial score (nSPS) is 30.6. The van der Waals surface area contributed by atoms with E-state index in [2.05, 4.69) is 12.2 Å². The van der Waals surface area contributed by atoms with E-state index in [1.54, 1.807) is 0 Å². The smallest absolute Gasteiger partial charge is 0.307 e. The van der Waals surface area contributed by atoms with Gasteiger partial charge in [0.2, 0.25) is 5.91 Å². The molecule has 2 fully saturated rings. The van der Waals surface area contributed by atoms with Gasteiger partial charge in [-0.1, -0.05) is 13.3 Å². The number of hydrogen-bond acceptors (Lipinski definition) is 2. The number of carbonyl (C=O) groups is 2. The molecule has 4 nitrogen and oxygen atoms in total. The van der Waals surface area contributed by atoms with E-state index in [1.165, 1.54) is 6.42 Å². The Hall–Kier alpha value is -1.06. The molecule has 0 saturated heterocycles. The molecule has 0 aromatic rings. The fraction of sp³-hybridized carbons (Fsp3) is 0.846. The molecule has 0 aliphatic heterocycles. The summed E-state index contributed by atoms with van der Waals surface area (Å²) in [5.41, 5.74) is -0.0251. The fourth-order valence-corrected chi connectivity index (χ4v) is 3.09. The third kappa shape index (κ3) is 2.31. The van der Waals surface area contributed by atoms with E-state index in [9.17, 15) is 9.59 Å². The molecule has 0 aromatic carbocycles. The maximum absolute atomic E-state index is 12.2. The highest BCUT2D eigenvalue weighted by Crippen LogP contribution is 2.37. The van der Waals surface area contributed by atoms with Crippen LogP contribution in [-0.2, 0) is 9.59 Å². The standard InChI is InChI=1S/C13H21NO3/c1-2-13(7-4-8-13)14-11(15)9-5-3-6-10(9)12(16)17/h9-10H,2-8H2,1H3,(H,14,15)(H,16,17)/t9-,10+/m1/s1. The van der Waals surface area contributed by atoms with Gasteiger partial charge in [-0.3, -0.25) is 9.59 Å². The van der Waals surface area contributed by atoms with E-state index in [-0.39, 0.29) is 17.4 Å². The van der Waals surface area contributed by atoms with Crippen molar-refractivity contribution in [3.05, 3.63) is 0 Å². The summed E-state index contributed by atoms with van der Waals surface area (Å²) in [7, 11) is 0. The summed E-state index contributed by atoms with van der Waals surface area (Å²) in [6.07, 6.45) is 6.42. The number of amides is 1. The summed E-state index contributed by atoms with van der Waals surface area (Å²) in [6, 6.07) is 0. The maximum atomic E-state index is 12.2. The van der Waals surface area contributed by atoms with Crippen LogP contribution in [0.15, 0.2) is 0 Å². The third-order valence-electron chi connectivity index (χ3n) is 4.55. The van der Waals surface area contributed by atoms with E-state index >= 15 is 0 Å². The first-order chi connectivity index (χ1) is 8.08. The molecular weight excluding hydrogens is 218 g/mol. The Morgan fingerprint density at radius 3 is 2.35 bits per heavy atom. The molecule has 2 rings (SSSR count). The van der Waals surface area contributed by atoms with Crippen molar-refractivity contribution < 1.29 is 14.7 Å². The van der Waals surface area contributed by atoms with Gasteiger partial charge in [-0.05, 0) is 38.5 Å². The van der Waals surface area contributed by atoms with Crippen LogP contribution >= 0.6 is 0 Å². The van der Waals surface area contributed by atoms with Crippen LogP contribution < -0.4 is 5.32 Å². The van der Waals surface area contributed by atoms with Gasteiger partial charge in [-0.2, -0.15) is 0 Å². The van der Waals surface area contributed by atoms with E-state index in [4.69, 9.17) is 5.11 Å². The molecule has 0 bridgehead atoms. The van der Waals surface area contributed by atoms with Gasteiger partial charge in [0.25, 0.3) is 0 Å². The number of nitrogens with one attached hydrogen (secondary N) is 1. The Bertz CT molecular complexity index is 317. The van der Waals surface area contributed by atoms with Crippen LogP contribution in [0, 0.1) is 11.8 Å². The number of carbonyl (C=O) groups excluding carboxylic acids is 1. The summed E-state index contributed by atoms with van der Waals surface area (Å²) >= 11 is 0. The molecule has 1 amide bonds. The molecule has 2 atom stereocenters. The molecule has 2 aliphatic rings. The molecule has 0 radical (unpaired) electrons. The Morgan fingerprint density at radius 2 is 1.88 bits per heavy atom. The number of rotatable bonds is 4. The molecule has 96 valence electrons. The molecule has 4 heteroatoms. The first kappa shape index (κ1) is 12.4. The Morgan fingerprint density at radius 1 is 1.24 bits per heavy atom. The van der Waals surface area contributed by atoms with Gasteiger partial charge < -0.3 is 10.4 Å². The van der Waals surface area contributed by atoms with Gasteiger partial charge in [0.05, 0.1) is 11.8 Å². The molecule has 0 spiro atoms. The van der Waals surface area contributed by atoms with E-state index in [1.807, 2.05) is 0 Å². The maximum Gasteiger partial charge on any atom is 0.307 e. The molecule has 17 heavy (non-hydrogen) atoms. The van der Waals surface area contributed by atoms with Gasteiger partial charge in [-0.15, -0.1) is 0 Å². The summed E-state index contributed by atoms with van der Waals surface area (Å²) in [4.78, 5) is 23.2. The van der Waals surface area contributed by atoms with Crippen molar-refractivity contribution in [3.63, 3.8) is 0 Å². The minimum atomic E-state index is -0.818. The number of hydrogen-bond donors (Lipinski definition) is 2. The predicted octanol–water partition coefficient (Wildman–Crippen LogP) is 1.94. The van der Waals surface area contributed by atoms with E-state index < -0.39 is 11.9 Å². The van der Waals surface area contributed by atoms with Crippen molar-refractivity contribution in [2.24, 2.45) is 11.8 Å². The van der Waals surface area contributed by atoms with E-state index in [0.717, 1.165) is 32.1 Å². The molecule has 2 aliphatic carbocycles. The minimum Gasteiger partial charge on any atom is -0.481 e. The molecule has 0 unspecified atom stereocenters. The summed E-state index contributed by atoms with van der Waals surface area (Å²) in [5.74, 6) is -1.63. The van der Waals surface area contributed by atoms with Crippen molar-refractivity contribution >= 4 is 11.9 Å². The fourth-order valence-electron chi connectivity index (χ4n) is 3.09. The number of aliphatic carboxylic acids is 1. The van der Waals surface area contributed by atoms with Crippen molar-refractivity contribution in [3.8, 4) is 0 Å². The van der Waals surface area contributed by atoms with Gasteiger partial charge in [-0.25, -0.2) is 0 Å². The first-order valence-electron chi connectivity index (χ1n) is 6.63. The van der Waals surface area contributed by atoms with E-state index in [0.29, 0.717) is 6.42 Å². The van der Waals surface area contributed by atoms with Gasteiger partial charge in [0, 0.05) is 5.54 Å². The highest BCUT2D eigenvalue weighted by atomic mass is 16.4. The van der Waals surface area contributed by atoms with Crippen LogP contribution in [0.1, 0.15) is 51.9 Å². The minimum absolute atomic E-state index is 0.0251. The highest BCUT2D eigenvalue weighted by Gasteiger charge is 2.42. The van der Waals surface area contributed by atoms with Crippen molar-refractivity contribution in [1.82, 2.24) is 5.32 Å². The lowest BCUT2D eigenvalue weighted by atomic mass is 9.74. The van der Waals surface area contributed by atoms with Crippen LogP contribution in [0.5, 0.6) is 0 Å². The SMILES string of the molecule is CCC1(NC(=O)[C@@H]2CCC[C@@H]2C(=O)O)CCC1. The lowest BCUT2D eigenvalue weighted by Gasteiger charge is -2.42.